The molecule has 0 aromatic heterocycles. The molecule has 0 N–H and O–H groups in total. The van der Waals surface area contributed by atoms with Gasteiger partial charge in [0.25, 0.3) is 0 Å². The molecule has 4 nitrogen and oxygen atoms in total. The maximum atomic E-state index is 8.26. The van der Waals surface area contributed by atoms with Gasteiger partial charge in [-0.25, -0.2) is 0 Å². The highest BCUT2D eigenvalue weighted by molar-refractivity contribution is 5.56. The second-order valence-electron chi connectivity index (χ2n) is 1.72. The highest BCUT2D eigenvalue weighted by atomic mass is 14.9. The molecule has 1 aromatic carbocycles. The van der Waals surface area contributed by atoms with E-state index in [9.17, 15) is 0 Å². The van der Waals surface area contributed by atoms with Gasteiger partial charge in [0.15, 0.2) is 9.95 Å². The number of rotatable bonds is 0. The van der Waals surface area contributed by atoms with Crippen molar-refractivity contribution in [1.82, 2.24) is 0 Å². The van der Waals surface area contributed by atoms with Crippen molar-refractivity contribution in [2.75, 3.05) is 0 Å². The highest BCUT2D eigenvalue weighted by Crippen LogP contribution is 2.19. The topological polar surface area (TPSA) is 56.3 Å². The van der Waals surface area contributed by atoms with Crippen molar-refractivity contribution in [3.05, 3.63) is 34.2 Å². The molecule has 1 rings (SSSR count). The number of diazo groups is 2. The molecule has 0 atom stereocenters. The van der Waals surface area contributed by atoms with Gasteiger partial charge in [0.1, 0.15) is 6.07 Å². The van der Waals surface area contributed by atoms with Gasteiger partial charge in [0.05, 0.1) is 0 Å². The molecule has 46 valence electrons. The molecule has 0 heterocycles. The molecule has 1 aromatic rings. The predicted molar refractivity (Wildman–Crippen MR) is 35.9 cm³/mol. The van der Waals surface area contributed by atoms with E-state index in [2.05, 4.69) is 9.95 Å². The summed E-state index contributed by atoms with van der Waals surface area (Å²) >= 11 is 0. The summed E-state index contributed by atoms with van der Waals surface area (Å²) in [6.07, 6.45) is 0. The molecule has 0 fully saturated rings. The van der Waals surface area contributed by atoms with Gasteiger partial charge >= 0.3 is 11.4 Å². The lowest BCUT2D eigenvalue weighted by atomic mass is 10.3. The van der Waals surface area contributed by atoms with E-state index in [1.807, 2.05) is 0 Å². The van der Waals surface area contributed by atoms with Crippen LogP contribution in [0.5, 0.6) is 0 Å². The zero-order valence-corrected chi connectivity index (χ0v) is 5.10. The second-order valence-corrected chi connectivity index (χ2v) is 1.72. The zero-order valence-electron chi connectivity index (χ0n) is 5.10. The van der Waals surface area contributed by atoms with E-state index in [0.717, 1.165) is 0 Å². The number of hydrogen-bond donors (Lipinski definition) is 0. The molecule has 0 radical (unpaired) electrons. The van der Waals surface area contributed by atoms with Crippen LogP contribution in [-0.4, -0.2) is 0 Å². The second kappa shape index (κ2) is 2.56. The fraction of sp³-hybridized carbons (Fsp3) is 0. The first-order valence-electron chi connectivity index (χ1n) is 2.67. The molecule has 0 unspecified atom stereocenters. The largest absolute Gasteiger partial charge is 0.393 e. The van der Waals surface area contributed by atoms with Gasteiger partial charge in [-0.3, -0.25) is 0 Å². The predicted octanol–water partition coefficient (Wildman–Crippen LogP) is 2.66. The van der Waals surface area contributed by atoms with E-state index >= 15 is 0 Å². The summed E-state index contributed by atoms with van der Waals surface area (Å²) < 4.78 is 0. The Kier molecular flexibility index (Phi) is 1.58. The Hall–Kier alpha value is -1.94. The Morgan fingerprint density at radius 1 is 1.00 bits per heavy atom. The quantitative estimate of drug-likeness (QED) is 0.509. The Labute approximate surface area is 57.4 Å². The molecule has 0 aliphatic rings. The summed E-state index contributed by atoms with van der Waals surface area (Å²) in [5.74, 6) is 0. The summed E-state index contributed by atoms with van der Waals surface area (Å²) in [7, 11) is 0. The highest BCUT2D eigenvalue weighted by Gasteiger charge is 2.11. The summed E-state index contributed by atoms with van der Waals surface area (Å²) in [5.41, 5.74) is 0.741. The van der Waals surface area contributed by atoms with Crippen molar-refractivity contribution in [2.24, 2.45) is 0 Å². The molecule has 0 saturated heterocycles. The van der Waals surface area contributed by atoms with Gasteiger partial charge in [0, 0.05) is 12.1 Å². The zero-order chi connectivity index (χ0) is 7.40. The third kappa shape index (κ3) is 1.07. The minimum absolute atomic E-state index is 0.371. The molecule has 4 heteroatoms. The fourth-order valence-electron chi connectivity index (χ4n) is 0.617. The minimum atomic E-state index is 0.371. The van der Waals surface area contributed by atoms with Crippen molar-refractivity contribution >= 4 is 11.4 Å². The van der Waals surface area contributed by atoms with E-state index in [0.29, 0.717) is 11.4 Å². The van der Waals surface area contributed by atoms with Crippen LogP contribution in [0.4, 0.5) is 11.4 Å². The minimum Gasteiger partial charge on any atom is -0.0462 e. The maximum absolute atomic E-state index is 8.26. The van der Waals surface area contributed by atoms with E-state index in [1.54, 1.807) is 18.2 Å². The number of nitrogens with zero attached hydrogens (tertiary/aromatic N) is 4. The monoisotopic (exact) mass is 132 g/mol. The van der Waals surface area contributed by atoms with Gasteiger partial charge in [-0.1, -0.05) is 0 Å². The van der Waals surface area contributed by atoms with Crippen molar-refractivity contribution in [2.45, 2.75) is 0 Å². The van der Waals surface area contributed by atoms with Crippen molar-refractivity contribution in [1.29, 1.82) is 10.8 Å². The van der Waals surface area contributed by atoms with Gasteiger partial charge in [-0.15, -0.1) is 0 Å². The Balaban J connectivity index is 3.17. The molecule has 10 heavy (non-hydrogen) atoms. The number of hydrogen-bond acceptors (Lipinski definition) is 2. The lowest BCUT2D eigenvalue weighted by molar-refractivity contribution is 1.44. The van der Waals surface area contributed by atoms with Crippen LogP contribution in [0.3, 0.4) is 0 Å². The van der Waals surface area contributed by atoms with Gasteiger partial charge in [-0.05, 0) is 6.07 Å². The van der Waals surface area contributed by atoms with Crippen LogP contribution in [0.25, 0.3) is 9.95 Å². The van der Waals surface area contributed by atoms with Crippen LogP contribution >= 0.6 is 0 Å². The maximum Gasteiger partial charge on any atom is 0.393 e. The Morgan fingerprint density at radius 3 is 1.90 bits per heavy atom. The Morgan fingerprint density at radius 2 is 1.50 bits per heavy atom. The van der Waals surface area contributed by atoms with Gasteiger partial charge in [-0.2, -0.15) is 0 Å². The van der Waals surface area contributed by atoms with Crippen molar-refractivity contribution in [3.63, 3.8) is 0 Å². The third-order valence-corrected chi connectivity index (χ3v) is 1.06. The summed E-state index contributed by atoms with van der Waals surface area (Å²) in [6.45, 7) is 0. The lowest BCUT2D eigenvalue weighted by Crippen LogP contribution is -1.58. The van der Waals surface area contributed by atoms with Crippen LogP contribution in [0.1, 0.15) is 0 Å². The molecule has 0 amide bonds. The molecular formula is C6H4N4+2. The first-order valence-corrected chi connectivity index (χ1v) is 2.67. The first kappa shape index (κ1) is 6.18. The van der Waals surface area contributed by atoms with Crippen LogP contribution < -0.4 is 0 Å². The van der Waals surface area contributed by atoms with Crippen LogP contribution in [-0.2, 0) is 0 Å². The van der Waals surface area contributed by atoms with Crippen molar-refractivity contribution < 1.29 is 0 Å². The smallest absolute Gasteiger partial charge is 0.0462 e. The van der Waals surface area contributed by atoms with Crippen LogP contribution in [0, 0.1) is 10.8 Å². The summed E-state index contributed by atoms with van der Waals surface area (Å²) in [6, 6.07) is 6.26. The van der Waals surface area contributed by atoms with Crippen molar-refractivity contribution in [3.8, 4) is 0 Å². The molecular weight excluding hydrogens is 128 g/mol. The Bertz CT molecular complexity index is 288. The van der Waals surface area contributed by atoms with Crippen LogP contribution in [0.2, 0.25) is 0 Å². The third-order valence-electron chi connectivity index (χ3n) is 1.06. The standard InChI is InChI=1S/C6H4N4/c7-9-5-2-1-3-6(4-5)10-8/h1-4H/q+2. The molecule has 0 spiro atoms. The lowest BCUT2D eigenvalue weighted by Gasteiger charge is -1.68. The average Bonchev–Trinajstić information content (AvgIpc) is 2.05. The first-order chi connectivity index (χ1) is 4.86. The van der Waals surface area contributed by atoms with Gasteiger partial charge in [0.2, 0.25) is 10.8 Å². The van der Waals surface area contributed by atoms with E-state index in [1.165, 1.54) is 6.07 Å². The molecule has 0 aliphatic carbocycles. The average molecular weight is 132 g/mol. The van der Waals surface area contributed by atoms with E-state index < -0.39 is 0 Å². The molecule has 0 bridgehead atoms. The van der Waals surface area contributed by atoms with Crippen LogP contribution in [0.15, 0.2) is 24.3 Å². The fourth-order valence-corrected chi connectivity index (χ4v) is 0.617. The van der Waals surface area contributed by atoms with E-state index in [-0.39, 0.29) is 0 Å². The number of benzene rings is 1. The summed E-state index contributed by atoms with van der Waals surface area (Å²) in [4.78, 5) is 5.82. The summed E-state index contributed by atoms with van der Waals surface area (Å²) in [5, 5.41) is 16.5. The van der Waals surface area contributed by atoms with E-state index in [4.69, 9.17) is 10.8 Å². The van der Waals surface area contributed by atoms with Gasteiger partial charge < -0.3 is 0 Å². The SMILES string of the molecule is N#[N+]c1cccc([N+]#N)c1. The molecule has 0 aliphatic heterocycles. The molecule has 0 saturated carbocycles. The normalized spacial score (nSPS) is 7.80.